The van der Waals surface area contributed by atoms with Crippen LogP contribution in [0.3, 0.4) is 0 Å². The Kier molecular flexibility index (Phi) is 5.46. The minimum Gasteiger partial charge on any atom is -0.369 e. The summed E-state index contributed by atoms with van der Waals surface area (Å²) in [5.41, 5.74) is 4.81. The normalized spacial score (nSPS) is 9.09. The van der Waals surface area contributed by atoms with Gasteiger partial charge in [-0.25, -0.2) is 0 Å². The highest BCUT2D eigenvalue weighted by molar-refractivity contribution is 8.00. The van der Waals surface area contributed by atoms with Crippen molar-refractivity contribution in [1.29, 1.82) is 0 Å². The molecule has 5 heteroatoms. The highest BCUT2D eigenvalue weighted by Crippen LogP contribution is 1.99. The van der Waals surface area contributed by atoms with Crippen molar-refractivity contribution in [3.05, 3.63) is 0 Å². The molecule has 0 aliphatic heterocycles. The Hall–Kier alpha value is -0.840. The summed E-state index contributed by atoms with van der Waals surface area (Å²) in [7, 11) is 0. The lowest BCUT2D eigenvalue weighted by molar-refractivity contribution is -0.120. The second-order valence-corrected chi connectivity index (χ2v) is 2.85. The number of aldehydes is 1. The Morgan fingerprint density at radius 1 is 1.36 bits per heavy atom. The zero-order chi connectivity index (χ0) is 8.69. The predicted molar refractivity (Wildman–Crippen MR) is 42.2 cm³/mol. The Balaban J connectivity index is 3.31. The summed E-state index contributed by atoms with van der Waals surface area (Å²) < 4.78 is 0. The van der Waals surface area contributed by atoms with Crippen LogP contribution in [0.2, 0.25) is 0 Å². The summed E-state index contributed by atoms with van der Waals surface area (Å²) >= 11 is 1.13. The summed E-state index contributed by atoms with van der Waals surface area (Å²) in [6.07, 6.45) is 0.471. The Morgan fingerprint density at radius 2 is 2.00 bits per heavy atom. The van der Waals surface area contributed by atoms with Gasteiger partial charge in [-0.05, 0) is 0 Å². The maximum Gasteiger partial charge on any atom is 0.227 e. The summed E-state index contributed by atoms with van der Waals surface area (Å²) in [6, 6.07) is 0. The first-order valence-electron chi connectivity index (χ1n) is 2.98. The van der Waals surface area contributed by atoms with Crippen molar-refractivity contribution in [3.8, 4) is 0 Å². The number of primary amides is 1. The van der Waals surface area contributed by atoms with Crippen LogP contribution in [0.1, 0.15) is 6.42 Å². The van der Waals surface area contributed by atoms with E-state index in [-0.39, 0.29) is 23.7 Å². The SMILES string of the molecule is NC(=O)CSCC(=O)CC=O. The van der Waals surface area contributed by atoms with Gasteiger partial charge in [0.1, 0.15) is 12.1 Å². The van der Waals surface area contributed by atoms with E-state index >= 15 is 0 Å². The van der Waals surface area contributed by atoms with E-state index in [2.05, 4.69) is 0 Å². The van der Waals surface area contributed by atoms with Gasteiger partial charge in [-0.2, -0.15) is 0 Å². The van der Waals surface area contributed by atoms with Crippen molar-refractivity contribution >= 4 is 29.7 Å². The van der Waals surface area contributed by atoms with E-state index in [1.54, 1.807) is 0 Å². The zero-order valence-electron chi connectivity index (χ0n) is 5.91. The van der Waals surface area contributed by atoms with Gasteiger partial charge in [0.25, 0.3) is 0 Å². The molecule has 0 aliphatic rings. The number of hydrogen-bond acceptors (Lipinski definition) is 4. The number of carbonyl (C=O) groups excluding carboxylic acids is 3. The molecule has 0 heterocycles. The number of carbonyl (C=O) groups is 3. The molecule has 0 saturated carbocycles. The van der Waals surface area contributed by atoms with Crippen molar-refractivity contribution in [2.75, 3.05) is 11.5 Å². The molecule has 62 valence electrons. The molecule has 0 aromatic carbocycles. The molecule has 0 rings (SSSR count). The Bertz CT molecular complexity index is 169. The Morgan fingerprint density at radius 3 is 2.45 bits per heavy atom. The molecule has 0 aliphatic carbocycles. The van der Waals surface area contributed by atoms with E-state index in [1.807, 2.05) is 0 Å². The first kappa shape index (κ1) is 10.2. The van der Waals surface area contributed by atoms with Crippen LogP contribution in [0, 0.1) is 0 Å². The van der Waals surface area contributed by atoms with Crippen LogP contribution < -0.4 is 5.73 Å². The van der Waals surface area contributed by atoms with E-state index < -0.39 is 5.91 Å². The third-order valence-electron chi connectivity index (χ3n) is 0.818. The van der Waals surface area contributed by atoms with Crippen molar-refractivity contribution in [2.24, 2.45) is 5.73 Å². The van der Waals surface area contributed by atoms with Crippen LogP contribution >= 0.6 is 11.8 Å². The van der Waals surface area contributed by atoms with Crippen LogP contribution in [-0.2, 0) is 14.4 Å². The van der Waals surface area contributed by atoms with Gasteiger partial charge < -0.3 is 10.5 Å². The minimum absolute atomic E-state index is 0.0776. The molecule has 0 aromatic heterocycles. The number of rotatable bonds is 6. The van der Waals surface area contributed by atoms with Crippen LogP contribution in [0.5, 0.6) is 0 Å². The number of hydrogen-bond donors (Lipinski definition) is 1. The van der Waals surface area contributed by atoms with Gasteiger partial charge in [-0.15, -0.1) is 11.8 Å². The van der Waals surface area contributed by atoms with E-state index in [9.17, 15) is 14.4 Å². The fourth-order valence-corrected chi connectivity index (χ4v) is 1.07. The van der Waals surface area contributed by atoms with Gasteiger partial charge in [0, 0.05) is 0 Å². The maximum atomic E-state index is 10.6. The molecule has 11 heavy (non-hydrogen) atoms. The average Bonchev–Trinajstić information content (AvgIpc) is 1.87. The Labute approximate surface area is 68.5 Å². The van der Waals surface area contributed by atoms with E-state index in [4.69, 9.17) is 5.73 Å². The molecule has 0 spiro atoms. The number of nitrogens with two attached hydrogens (primary N) is 1. The summed E-state index contributed by atoms with van der Waals surface area (Å²) in [5, 5.41) is 0. The number of thioether (sulfide) groups is 1. The molecular formula is C6H9NO3S. The van der Waals surface area contributed by atoms with Crippen LogP contribution in [-0.4, -0.2) is 29.5 Å². The zero-order valence-corrected chi connectivity index (χ0v) is 6.73. The monoisotopic (exact) mass is 175 g/mol. The molecule has 2 N–H and O–H groups in total. The molecule has 0 bridgehead atoms. The smallest absolute Gasteiger partial charge is 0.227 e. The molecule has 0 saturated heterocycles. The van der Waals surface area contributed by atoms with Crippen LogP contribution in [0.25, 0.3) is 0 Å². The summed E-state index contributed by atoms with van der Waals surface area (Å²) in [4.78, 5) is 30.6. The second-order valence-electron chi connectivity index (χ2n) is 1.87. The predicted octanol–water partition coefficient (Wildman–Crippen LogP) is -0.637. The summed E-state index contributed by atoms with van der Waals surface area (Å²) in [5.74, 6) is -0.313. The topological polar surface area (TPSA) is 77.2 Å². The lowest BCUT2D eigenvalue weighted by Crippen LogP contribution is -2.14. The lowest BCUT2D eigenvalue weighted by Gasteiger charge is -1.93. The highest BCUT2D eigenvalue weighted by atomic mass is 32.2. The van der Waals surface area contributed by atoms with E-state index in [0.717, 1.165) is 11.8 Å². The third-order valence-corrected chi connectivity index (χ3v) is 1.83. The van der Waals surface area contributed by atoms with E-state index in [0.29, 0.717) is 6.29 Å². The van der Waals surface area contributed by atoms with Crippen LogP contribution in [0.15, 0.2) is 0 Å². The van der Waals surface area contributed by atoms with Crippen molar-refractivity contribution < 1.29 is 14.4 Å². The first-order chi connectivity index (χ1) is 5.16. The van der Waals surface area contributed by atoms with Gasteiger partial charge in [-0.1, -0.05) is 0 Å². The average molecular weight is 175 g/mol. The lowest BCUT2D eigenvalue weighted by atomic mass is 10.3. The molecule has 0 aromatic rings. The van der Waals surface area contributed by atoms with Crippen molar-refractivity contribution in [2.45, 2.75) is 6.42 Å². The molecule has 0 fully saturated rings. The molecular weight excluding hydrogens is 166 g/mol. The molecule has 1 amide bonds. The van der Waals surface area contributed by atoms with Gasteiger partial charge in [0.2, 0.25) is 5.91 Å². The number of Topliss-reactive ketones (excluding diaryl/α,β-unsaturated/α-hetero) is 1. The quantitative estimate of drug-likeness (QED) is 0.430. The summed E-state index contributed by atoms with van der Waals surface area (Å²) in [6.45, 7) is 0. The first-order valence-corrected chi connectivity index (χ1v) is 4.13. The standard InChI is InChI=1S/C6H9NO3S/c7-6(10)4-11-3-5(9)1-2-8/h2H,1,3-4H2,(H2,7,10). The fraction of sp³-hybridized carbons (Fsp3) is 0.500. The fourth-order valence-electron chi connectivity index (χ4n) is 0.417. The largest absolute Gasteiger partial charge is 0.369 e. The van der Waals surface area contributed by atoms with E-state index in [1.165, 1.54) is 0 Å². The van der Waals surface area contributed by atoms with Gasteiger partial charge in [0.15, 0.2) is 0 Å². The van der Waals surface area contributed by atoms with Crippen molar-refractivity contribution in [3.63, 3.8) is 0 Å². The third kappa shape index (κ3) is 7.05. The van der Waals surface area contributed by atoms with Gasteiger partial charge in [-0.3, -0.25) is 9.59 Å². The van der Waals surface area contributed by atoms with Crippen molar-refractivity contribution in [1.82, 2.24) is 0 Å². The molecule has 0 radical (unpaired) electrons. The highest BCUT2D eigenvalue weighted by Gasteiger charge is 2.01. The number of ketones is 1. The molecule has 0 unspecified atom stereocenters. The minimum atomic E-state index is -0.450. The van der Waals surface area contributed by atoms with Crippen LogP contribution in [0.4, 0.5) is 0 Å². The van der Waals surface area contributed by atoms with Gasteiger partial charge >= 0.3 is 0 Å². The van der Waals surface area contributed by atoms with Gasteiger partial charge in [0.05, 0.1) is 17.9 Å². The molecule has 0 atom stereocenters. The second kappa shape index (κ2) is 5.91. The maximum absolute atomic E-state index is 10.6. The number of amides is 1. The molecule has 4 nitrogen and oxygen atoms in total.